The number of hydrogen-bond donors (Lipinski definition) is 2. The zero-order valence-electron chi connectivity index (χ0n) is 18.0. The monoisotopic (exact) mass is 535 g/mol. The lowest BCUT2D eigenvalue weighted by Gasteiger charge is -2.18. The van der Waals surface area contributed by atoms with Gasteiger partial charge in [0.2, 0.25) is 0 Å². The number of fused-ring (bicyclic) bond motifs is 1. The van der Waals surface area contributed by atoms with Crippen molar-refractivity contribution in [1.29, 1.82) is 0 Å². The third kappa shape index (κ3) is 6.36. The number of guanidine groups is 1. The Kier molecular flexibility index (Phi) is 8.60. The first-order chi connectivity index (χ1) is 14.7. The van der Waals surface area contributed by atoms with E-state index in [0.29, 0.717) is 13.2 Å². The van der Waals surface area contributed by atoms with E-state index < -0.39 is 0 Å². The molecule has 1 saturated heterocycles. The maximum absolute atomic E-state index is 6.18. The molecule has 1 unspecified atom stereocenters. The van der Waals surface area contributed by atoms with Gasteiger partial charge in [-0.25, -0.2) is 0 Å². The van der Waals surface area contributed by atoms with E-state index >= 15 is 0 Å². The molecule has 1 aromatic heterocycles. The molecule has 2 heterocycles. The predicted molar refractivity (Wildman–Crippen MR) is 135 cm³/mol. The van der Waals surface area contributed by atoms with Gasteiger partial charge in [-0.2, -0.15) is 0 Å². The fraction of sp³-hybridized carbons (Fsp3) is 0.375. The number of ether oxygens (including phenoxy) is 2. The van der Waals surface area contributed by atoms with Crippen LogP contribution in [-0.2, 0) is 17.7 Å². The second-order valence-electron chi connectivity index (χ2n) is 7.57. The van der Waals surface area contributed by atoms with Crippen LogP contribution in [-0.4, -0.2) is 38.9 Å². The maximum Gasteiger partial charge on any atom is 0.191 e. The van der Waals surface area contributed by atoms with Crippen LogP contribution in [0.5, 0.6) is 5.75 Å². The van der Waals surface area contributed by atoms with Crippen molar-refractivity contribution in [2.75, 3.05) is 26.8 Å². The molecule has 4 rings (SSSR count). The number of furan rings is 1. The molecule has 2 aromatic carbocycles. The van der Waals surface area contributed by atoms with Gasteiger partial charge in [0.05, 0.1) is 13.2 Å². The number of benzene rings is 2. The standard InChI is InChI=1S/C24H29N3O3.HI/c1-17-7-8-19(23(13-17)30-21-10-12-28-16-21)15-27-24(25-2)26-11-9-20-14-18-5-3-4-6-22(18)29-20;/h3-8,13-14,21H,9-12,15-16H2,1-2H3,(H2,25,26,27);1H. The Morgan fingerprint density at radius 2 is 2.03 bits per heavy atom. The third-order valence-corrected chi connectivity index (χ3v) is 5.21. The molecular weight excluding hydrogens is 505 g/mol. The van der Waals surface area contributed by atoms with E-state index in [-0.39, 0.29) is 30.1 Å². The number of nitrogens with one attached hydrogen (secondary N) is 2. The zero-order valence-corrected chi connectivity index (χ0v) is 20.3. The molecule has 166 valence electrons. The number of rotatable bonds is 7. The van der Waals surface area contributed by atoms with E-state index in [1.54, 1.807) is 7.05 Å². The predicted octanol–water partition coefficient (Wildman–Crippen LogP) is 4.43. The highest BCUT2D eigenvalue weighted by atomic mass is 127. The molecule has 0 bridgehead atoms. The van der Waals surface area contributed by atoms with Crippen molar-refractivity contribution < 1.29 is 13.9 Å². The van der Waals surface area contributed by atoms with Crippen LogP contribution in [0, 0.1) is 6.92 Å². The Morgan fingerprint density at radius 1 is 1.16 bits per heavy atom. The summed E-state index contributed by atoms with van der Waals surface area (Å²) in [6, 6.07) is 16.5. The minimum Gasteiger partial charge on any atom is -0.488 e. The molecule has 0 radical (unpaired) electrons. The Hall–Kier alpha value is -2.26. The van der Waals surface area contributed by atoms with E-state index in [9.17, 15) is 0 Å². The summed E-state index contributed by atoms with van der Waals surface area (Å²) >= 11 is 0. The summed E-state index contributed by atoms with van der Waals surface area (Å²) in [5.41, 5.74) is 3.21. The lowest BCUT2D eigenvalue weighted by molar-refractivity contribution is 0.140. The van der Waals surface area contributed by atoms with Gasteiger partial charge in [-0.3, -0.25) is 4.99 Å². The topological polar surface area (TPSA) is 68.0 Å². The van der Waals surface area contributed by atoms with E-state index in [1.165, 1.54) is 5.56 Å². The summed E-state index contributed by atoms with van der Waals surface area (Å²) in [6.07, 6.45) is 1.86. The highest BCUT2D eigenvalue weighted by Gasteiger charge is 2.18. The van der Waals surface area contributed by atoms with Crippen LogP contribution in [0.1, 0.15) is 23.3 Å². The number of hydrogen-bond acceptors (Lipinski definition) is 4. The van der Waals surface area contributed by atoms with Crippen LogP contribution < -0.4 is 15.4 Å². The van der Waals surface area contributed by atoms with Gasteiger partial charge in [-0.15, -0.1) is 24.0 Å². The smallest absolute Gasteiger partial charge is 0.191 e. The second kappa shape index (κ2) is 11.4. The van der Waals surface area contributed by atoms with Crippen LogP contribution in [0.2, 0.25) is 0 Å². The van der Waals surface area contributed by atoms with E-state index in [2.05, 4.69) is 52.9 Å². The van der Waals surface area contributed by atoms with Gasteiger partial charge >= 0.3 is 0 Å². The Balaban J connectivity index is 0.00000272. The molecule has 0 spiro atoms. The minimum atomic E-state index is 0. The highest BCUT2D eigenvalue weighted by molar-refractivity contribution is 14.0. The number of aliphatic imine (C=N–C) groups is 1. The van der Waals surface area contributed by atoms with Gasteiger partial charge in [0, 0.05) is 43.9 Å². The van der Waals surface area contributed by atoms with Gasteiger partial charge < -0.3 is 24.5 Å². The number of para-hydroxylation sites is 1. The molecule has 0 aliphatic carbocycles. The largest absolute Gasteiger partial charge is 0.488 e. The second-order valence-corrected chi connectivity index (χ2v) is 7.57. The minimum absolute atomic E-state index is 0. The van der Waals surface area contributed by atoms with Gasteiger partial charge in [-0.05, 0) is 30.7 Å². The molecule has 0 amide bonds. The molecule has 1 aliphatic rings. The van der Waals surface area contributed by atoms with Crippen molar-refractivity contribution in [3.05, 3.63) is 65.4 Å². The van der Waals surface area contributed by atoms with Gasteiger partial charge in [-0.1, -0.05) is 30.3 Å². The molecule has 0 saturated carbocycles. The van der Waals surface area contributed by atoms with Gasteiger partial charge in [0.15, 0.2) is 5.96 Å². The summed E-state index contributed by atoms with van der Waals surface area (Å²) in [5, 5.41) is 7.87. The molecule has 1 aliphatic heterocycles. The quantitative estimate of drug-likeness (QED) is 0.266. The first-order valence-corrected chi connectivity index (χ1v) is 10.5. The Labute approximate surface area is 200 Å². The summed E-state index contributed by atoms with van der Waals surface area (Å²) in [5.74, 6) is 2.63. The van der Waals surface area contributed by atoms with Crippen molar-refractivity contribution in [1.82, 2.24) is 10.6 Å². The van der Waals surface area contributed by atoms with E-state index in [1.807, 2.05) is 18.2 Å². The number of nitrogens with zero attached hydrogens (tertiary/aromatic N) is 1. The first-order valence-electron chi connectivity index (χ1n) is 10.5. The average molecular weight is 535 g/mol. The number of halogens is 1. The van der Waals surface area contributed by atoms with Crippen molar-refractivity contribution in [2.24, 2.45) is 4.99 Å². The fourth-order valence-electron chi connectivity index (χ4n) is 3.57. The van der Waals surface area contributed by atoms with Crippen molar-refractivity contribution in [3.63, 3.8) is 0 Å². The average Bonchev–Trinajstić information content (AvgIpc) is 3.41. The van der Waals surface area contributed by atoms with Crippen molar-refractivity contribution in [2.45, 2.75) is 32.4 Å². The third-order valence-electron chi connectivity index (χ3n) is 5.21. The van der Waals surface area contributed by atoms with Crippen LogP contribution in [0.15, 0.2) is 57.9 Å². The van der Waals surface area contributed by atoms with E-state index in [4.69, 9.17) is 13.9 Å². The SMILES string of the molecule is CN=C(NCCc1cc2ccccc2o1)NCc1ccc(C)cc1OC1CCOC1.I. The van der Waals surface area contributed by atoms with Gasteiger partial charge in [0.1, 0.15) is 23.2 Å². The lowest BCUT2D eigenvalue weighted by Crippen LogP contribution is -2.38. The van der Waals surface area contributed by atoms with Crippen LogP contribution in [0.4, 0.5) is 0 Å². The first kappa shape index (κ1) is 23.4. The van der Waals surface area contributed by atoms with Crippen molar-refractivity contribution in [3.8, 4) is 5.75 Å². The molecule has 31 heavy (non-hydrogen) atoms. The normalized spacial score (nSPS) is 16.2. The molecule has 2 N–H and O–H groups in total. The molecule has 1 atom stereocenters. The van der Waals surface area contributed by atoms with Crippen LogP contribution in [0.25, 0.3) is 11.0 Å². The Morgan fingerprint density at radius 3 is 2.81 bits per heavy atom. The molecule has 1 fully saturated rings. The summed E-state index contributed by atoms with van der Waals surface area (Å²) in [4.78, 5) is 4.33. The molecule has 3 aromatic rings. The lowest BCUT2D eigenvalue weighted by atomic mass is 10.1. The fourth-order valence-corrected chi connectivity index (χ4v) is 3.57. The highest BCUT2D eigenvalue weighted by Crippen LogP contribution is 2.24. The maximum atomic E-state index is 6.18. The summed E-state index contributed by atoms with van der Waals surface area (Å²) in [6.45, 7) is 4.87. The van der Waals surface area contributed by atoms with Crippen molar-refractivity contribution >= 4 is 40.9 Å². The summed E-state index contributed by atoms with van der Waals surface area (Å²) < 4.78 is 17.5. The molecule has 7 heteroatoms. The van der Waals surface area contributed by atoms with E-state index in [0.717, 1.165) is 60.0 Å². The molecular formula is C24H30IN3O3. The summed E-state index contributed by atoms with van der Waals surface area (Å²) in [7, 11) is 1.78. The Bertz CT molecular complexity index is 979. The number of aryl methyl sites for hydroxylation is 1. The van der Waals surface area contributed by atoms with Crippen LogP contribution in [0.3, 0.4) is 0 Å². The molecule has 6 nitrogen and oxygen atoms in total. The van der Waals surface area contributed by atoms with Crippen LogP contribution >= 0.6 is 24.0 Å². The van der Waals surface area contributed by atoms with Gasteiger partial charge in [0.25, 0.3) is 0 Å². The zero-order chi connectivity index (χ0) is 20.8.